The van der Waals surface area contributed by atoms with Gasteiger partial charge in [-0.15, -0.1) is 11.3 Å². The average Bonchev–Trinajstić information content (AvgIpc) is 3.57. The molecule has 3 aromatic rings. The molecular weight excluding hydrogens is 486 g/mol. The standard InChI is InChI=1S/C25H29N3O5S2/c1-32-22-9-8-20(35(30,31)26-17-19-6-4-14-33-19)16-21(22)27-10-12-28(13-11-27)25(29)24-15-18-5-2-3-7-23(18)34-24/h2-3,5,7-9,15-16,19,26H,4,6,10-14,17H2,1H3. The summed E-state index contributed by atoms with van der Waals surface area (Å²) in [6, 6.07) is 14.8. The lowest BCUT2D eigenvalue weighted by Gasteiger charge is -2.36. The SMILES string of the molecule is COc1ccc(S(=O)(=O)NCC2CCCO2)cc1N1CCN(C(=O)c2cc3ccccc3s2)CC1. The first-order chi connectivity index (χ1) is 16.9. The minimum absolute atomic E-state index is 0.0347. The fraction of sp³-hybridized carbons (Fsp3) is 0.400. The van der Waals surface area contributed by atoms with Gasteiger partial charge in [0.05, 0.1) is 28.7 Å². The number of benzene rings is 2. The maximum Gasteiger partial charge on any atom is 0.264 e. The first kappa shape index (κ1) is 24.1. The number of nitrogens with zero attached hydrogens (tertiary/aromatic N) is 2. The van der Waals surface area contributed by atoms with Gasteiger partial charge in [0.2, 0.25) is 10.0 Å². The van der Waals surface area contributed by atoms with Crippen LogP contribution in [0, 0.1) is 0 Å². The van der Waals surface area contributed by atoms with E-state index in [4.69, 9.17) is 9.47 Å². The molecule has 186 valence electrons. The second-order valence-electron chi connectivity index (χ2n) is 8.75. The fourth-order valence-corrected chi connectivity index (χ4v) is 6.69. The summed E-state index contributed by atoms with van der Waals surface area (Å²) in [7, 11) is -2.11. The predicted molar refractivity (Wildman–Crippen MR) is 137 cm³/mol. The molecule has 0 saturated carbocycles. The van der Waals surface area contributed by atoms with Crippen molar-refractivity contribution in [3.05, 3.63) is 53.4 Å². The zero-order chi connectivity index (χ0) is 24.4. The number of anilines is 1. The first-order valence-electron chi connectivity index (χ1n) is 11.8. The highest BCUT2D eigenvalue weighted by molar-refractivity contribution is 7.89. The van der Waals surface area contributed by atoms with Crippen molar-refractivity contribution >= 4 is 43.0 Å². The number of fused-ring (bicyclic) bond motifs is 1. The molecule has 1 atom stereocenters. The van der Waals surface area contributed by atoms with Crippen LogP contribution in [0.25, 0.3) is 10.1 Å². The van der Waals surface area contributed by atoms with Crippen LogP contribution in [0.4, 0.5) is 5.69 Å². The first-order valence-corrected chi connectivity index (χ1v) is 14.1. The summed E-state index contributed by atoms with van der Waals surface area (Å²) in [6.45, 7) is 3.20. The largest absolute Gasteiger partial charge is 0.495 e. The van der Waals surface area contributed by atoms with Gasteiger partial charge >= 0.3 is 0 Å². The lowest BCUT2D eigenvalue weighted by molar-refractivity contribution is 0.0751. The van der Waals surface area contributed by atoms with Gasteiger partial charge in [0.1, 0.15) is 5.75 Å². The average molecular weight is 516 g/mol. The van der Waals surface area contributed by atoms with Gasteiger partial charge in [0, 0.05) is 44.0 Å². The van der Waals surface area contributed by atoms with Crippen LogP contribution in [0.15, 0.2) is 53.4 Å². The van der Waals surface area contributed by atoms with Gasteiger partial charge in [-0.3, -0.25) is 4.79 Å². The smallest absolute Gasteiger partial charge is 0.264 e. The minimum Gasteiger partial charge on any atom is -0.495 e. The molecule has 0 spiro atoms. The van der Waals surface area contributed by atoms with Crippen LogP contribution in [0.5, 0.6) is 5.75 Å². The molecule has 0 radical (unpaired) electrons. The number of ether oxygens (including phenoxy) is 2. The molecule has 10 heteroatoms. The normalized spacial score (nSPS) is 18.8. The number of hydrogen-bond donors (Lipinski definition) is 1. The van der Waals surface area contributed by atoms with Gasteiger partial charge < -0.3 is 19.3 Å². The molecular formula is C25H29N3O5S2. The number of carbonyl (C=O) groups excluding carboxylic acids is 1. The van der Waals surface area contributed by atoms with E-state index in [9.17, 15) is 13.2 Å². The topological polar surface area (TPSA) is 88.2 Å². The molecule has 5 rings (SSSR count). The third-order valence-electron chi connectivity index (χ3n) is 6.53. The molecule has 2 aliphatic rings. The van der Waals surface area contributed by atoms with Crippen LogP contribution < -0.4 is 14.4 Å². The van der Waals surface area contributed by atoms with Crippen molar-refractivity contribution in [2.75, 3.05) is 51.3 Å². The van der Waals surface area contributed by atoms with Crippen molar-refractivity contribution in [2.24, 2.45) is 0 Å². The Kier molecular flexibility index (Phi) is 6.97. The van der Waals surface area contributed by atoms with Crippen LogP contribution in [-0.2, 0) is 14.8 Å². The number of amides is 1. The minimum atomic E-state index is -3.68. The lowest BCUT2D eigenvalue weighted by atomic mass is 10.2. The Hall–Kier alpha value is -2.66. The van der Waals surface area contributed by atoms with Gasteiger partial charge in [0.25, 0.3) is 5.91 Å². The van der Waals surface area contributed by atoms with E-state index in [1.165, 1.54) is 11.3 Å². The van der Waals surface area contributed by atoms with Gasteiger partial charge in [-0.1, -0.05) is 18.2 Å². The number of nitrogens with one attached hydrogen (secondary N) is 1. The van der Waals surface area contributed by atoms with Gasteiger partial charge in [-0.2, -0.15) is 0 Å². The highest BCUT2D eigenvalue weighted by Gasteiger charge is 2.27. The summed E-state index contributed by atoms with van der Waals surface area (Å²) in [6.07, 6.45) is 1.74. The third kappa shape index (κ3) is 5.16. The monoisotopic (exact) mass is 515 g/mol. The third-order valence-corrected chi connectivity index (χ3v) is 9.05. The Bertz CT molecular complexity index is 1280. The van der Waals surface area contributed by atoms with Crippen molar-refractivity contribution in [3.8, 4) is 5.75 Å². The van der Waals surface area contributed by atoms with E-state index in [2.05, 4.69) is 9.62 Å². The van der Waals surface area contributed by atoms with E-state index in [1.807, 2.05) is 35.2 Å². The van der Waals surface area contributed by atoms with Crippen molar-refractivity contribution in [3.63, 3.8) is 0 Å². The summed E-state index contributed by atoms with van der Waals surface area (Å²) in [4.78, 5) is 18.0. The number of methoxy groups -OCH3 is 1. The number of carbonyl (C=O) groups is 1. The zero-order valence-corrected chi connectivity index (χ0v) is 21.2. The Morgan fingerprint density at radius 1 is 1.14 bits per heavy atom. The van der Waals surface area contributed by atoms with Gasteiger partial charge in [-0.05, 0) is 48.6 Å². The Labute approximate surface area is 209 Å². The summed E-state index contributed by atoms with van der Waals surface area (Å²) in [5.41, 5.74) is 0.710. The molecule has 1 N–H and O–H groups in total. The van der Waals surface area contributed by atoms with Crippen LogP contribution in [0.2, 0.25) is 0 Å². The van der Waals surface area contributed by atoms with Crippen molar-refractivity contribution < 1.29 is 22.7 Å². The van der Waals surface area contributed by atoms with E-state index >= 15 is 0 Å². The Morgan fingerprint density at radius 2 is 1.94 bits per heavy atom. The van der Waals surface area contributed by atoms with Crippen LogP contribution in [0.1, 0.15) is 22.5 Å². The highest BCUT2D eigenvalue weighted by atomic mass is 32.2. The second-order valence-corrected chi connectivity index (χ2v) is 11.6. The Morgan fingerprint density at radius 3 is 2.66 bits per heavy atom. The quantitative estimate of drug-likeness (QED) is 0.519. The van der Waals surface area contributed by atoms with Crippen molar-refractivity contribution in [1.82, 2.24) is 9.62 Å². The number of piperazine rings is 1. The molecule has 1 amide bonds. The zero-order valence-electron chi connectivity index (χ0n) is 19.6. The van der Waals surface area contributed by atoms with E-state index in [0.717, 1.165) is 27.8 Å². The fourth-order valence-electron chi connectivity index (χ4n) is 4.57. The van der Waals surface area contributed by atoms with Gasteiger partial charge in [-0.25, -0.2) is 13.1 Å². The predicted octanol–water partition coefficient (Wildman–Crippen LogP) is 3.33. The molecule has 3 heterocycles. The number of hydrogen-bond acceptors (Lipinski definition) is 7. The maximum atomic E-state index is 13.1. The summed E-state index contributed by atoms with van der Waals surface area (Å²) >= 11 is 1.51. The maximum absolute atomic E-state index is 13.1. The lowest BCUT2D eigenvalue weighted by Crippen LogP contribution is -2.48. The Balaban J connectivity index is 1.28. The van der Waals surface area contributed by atoms with E-state index in [-0.39, 0.29) is 23.5 Å². The summed E-state index contributed by atoms with van der Waals surface area (Å²) in [5, 5.41) is 1.08. The van der Waals surface area contributed by atoms with Crippen LogP contribution in [0.3, 0.4) is 0 Å². The molecule has 2 saturated heterocycles. The molecule has 8 nitrogen and oxygen atoms in total. The molecule has 1 unspecified atom stereocenters. The molecule has 1 aromatic heterocycles. The van der Waals surface area contributed by atoms with E-state index in [0.29, 0.717) is 44.2 Å². The van der Waals surface area contributed by atoms with Crippen LogP contribution in [-0.4, -0.2) is 71.8 Å². The number of thiophene rings is 1. The number of rotatable bonds is 7. The number of sulfonamides is 1. The molecule has 0 aliphatic carbocycles. The molecule has 2 fully saturated rings. The second kappa shape index (κ2) is 10.1. The van der Waals surface area contributed by atoms with Crippen LogP contribution >= 0.6 is 11.3 Å². The molecule has 2 aromatic carbocycles. The van der Waals surface area contributed by atoms with Gasteiger partial charge in [0.15, 0.2) is 0 Å². The highest BCUT2D eigenvalue weighted by Crippen LogP contribution is 2.32. The molecule has 0 bridgehead atoms. The van der Waals surface area contributed by atoms with Crippen molar-refractivity contribution in [1.29, 1.82) is 0 Å². The van der Waals surface area contributed by atoms with Crippen molar-refractivity contribution in [2.45, 2.75) is 23.8 Å². The summed E-state index contributed by atoms with van der Waals surface area (Å²) < 4.78 is 40.7. The molecule has 2 aliphatic heterocycles. The summed E-state index contributed by atoms with van der Waals surface area (Å²) in [5.74, 6) is 0.639. The van der Waals surface area contributed by atoms with E-state index < -0.39 is 10.0 Å². The molecule has 35 heavy (non-hydrogen) atoms. The van der Waals surface area contributed by atoms with E-state index in [1.54, 1.807) is 25.3 Å².